The maximum Gasteiger partial charge on any atom is 0.147 e. The SMILES string of the molecule is COCO[C@@H](/C=C\CCCCCCCCc1cccnc1)CCC=O. The Labute approximate surface area is 152 Å². The second-order valence-electron chi connectivity index (χ2n) is 6.31. The molecule has 0 saturated carbocycles. The molecule has 0 aliphatic carbocycles. The predicted molar refractivity (Wildman–Crippen MR) is 101 cm³/mol. The Hall–Kier alpha value is -1.52. The lowest BCUT2D eigenvalue weighted by Crippen LogP contribution is -2.12. The van der Waals surface area contributed by atoms with E-state index in [-0.39, 0.29) is 12.9 Å². The van der Waals surface area contributed by atoms with E-state index in [1.54, 1.807) is 7.11 Å². The van der Waals surface area contributed by atoms with Crippen LogP contribution in [-0.4, -0.2) is 31.3 Å². The van der Waals surface area contributed by atoms with Crippen molar-refractivity contribution in [2.45, 2.75) is 70.3 Å². The number of carbonyl (C=O) groups excluding carboxylic acids is 1. The number of allylic oxidation sites excluding steroid dienone is 1. The topological polar surface area (TPSA) is 48.4 Å². The van der Waals surface area contributed by atoms with Crippen LogP contribution in [-0.2, 0) is 20.7 Å². The number of aldehydes is 1. The summed E-state index contributed by atoms with van der Waals surface area (Å²) >= 11 is 0. The van der Waals surface area contributed by atoms with Crippen LogP contribution in [0.1, 0.15) is 63.4 Å². The molecule has 0 aliphatic heterocycles. The number of pyridine rings is 1. The Morgan fingerprint density at radius 1 is 1.12 bits per heavy atom. The first-order valence-corrected chi connectivity index (χ1v) is 9.46. The molecule has 0 unspecified atom stereocenters. The number of carbonyl (C=O) groups is 1. The smallest absolute Gasteiger partial charge is 0.147 e. The van der Waals surface area contributed by atoms with Gasteiger partial charge in [0.2, 0.25) is 0 Å². The average Bonchev–Trinajstić information content (AvgIpc) is 2.65. The van der Waals surface area contributed by atoms with Crippen molar-refractivity contribution in [2.24, 2.45) is 0 Å². The van der Waals surface area contributed by atoms with Crippen molar-refractivity contribution in [1.82, 2.24) is 4.98 Å². The first kappa shape index (κ1) is 21.5. The molecule has 4 nitrogen and oxygen atoms in total. The largest absolute Gasteiger partial charge is 0.359 e. The average molecular weight is 347 g/mol. The van der Waals surface area contributed by atoms with E-state index < -0.39 is 0 Å². The van der Waals surface area contributed by atoms with Crippen molar-refractivity contribution in [1.29, 1.82) is 0 Å². The van der Waals surface area contributed by atoms with Crippen LogP contribution >= 0.6 is 0 Å². The van der Waals surface area contributed by atoms with Gasteiger partial charge in [0.25, 0.3) is 0 Å². The second kappa shape index (κ2) is 16.0. The normalized spacial score (nSPS) is 12.5. The minimum absolute atomic E-state index is 0.0161. The van der Waals surface area contributed by atoms with E-state index in [0.29, 0.717) is 6.42 Å². The summed E-state index contributed by atoms with van der Waals surface area (Å²) < 4.78 is 10.5. The maximum absolute atomic E-state index is 10.5. The molecule has 0 radical (unpaired) electrons. The van der Waals surface area contributed by atoms with Gasteiger partial charge in [-0.1, -0.05) is 43.9 Å². The molecule has 25 heavy (non-hydrogen) atoms. The lowest BCUT2D eigenvalue weighted by atomic mass is 10.1. The number of rotatable bonds is 16. The molecule has 0 amide bonds. The highest BCUT2D eigenvalue weighted by molar-refractivity contribution is 5.49. The van der Waals surface area contributed by atoms with Gasteiger partial charge in [-0.25, -0.2) is 0 Å². The zero-order valence-corrected chi connectivity index (χ0v) is 15.6. The van der Waals surface area contributed by atoms with Gasteiger partial charge in [-0.3, -0.25) is 4.98 Å². The van der Waals surface area contributed by atoms with Gasteiger partial charge in [0.1, 0.15) is 13.1 Å². The van der Waals surface area contributed by atoms with Gasteiger partial charge < -0.3 is 14.3 Å². The summed E-state index contributed by atoms with van der Waals surface area (Å²) in [4.78, 5) is 14.6. The summed E-state index contributed by atoms with van der Waals surface area (Å²) in [6, 6.07) is 4.16. The summed E-state index contributed by atoms with van der Waals surface area (Å²) in [5.74, 6) is 0. The highest BCUT2D eigenvalue weighted by Gasteiger charge is 2.03. The molecule has 1 atom stereocenters. The quantitative estimate of drug-likeness (QED) is 0.185. The number of aromatic nitrogens is 1. The molecule has 1 aromatic rings. The van der Waals surface area contributed by atoms with Crippen LogP contribution in [0.25, 0.3) is 0 Å². The number of aryl methyl sites for hydroxylation is 1. The lowest BCUT2D eigenvalue weighted by Gasteiger charge is -2.11. The highest BCUT2D eigenvalue weighted by atomic mass is 16.7. The molecule has 1 heterocycles. The number of nitrogens with zero attached hydrogens (tertiary/aromatic N) is 1. The molecule has 1 rings (SSSR count). The van der Waals surface area contributed by atoms with Crippen molar-refractivity contribution in [3.05, 3.63) is 42.2 Å². The van der Waals surface area contributed by atoms with Crippen molar-refractivity contribution in [3.8, 4) is 0 Å². The van der Waals surface area contributed by atoms with Gasteiger partial charge >= 0.3 is 0 Å². The minimum Gasteiger partial charge on any atom is -0.359 e. The third-order valence-corrected chi connectivity index (χ3v) is 4.13. The van der Waals surface area contributed by atoms with Gasteiger partial charge in [0, 0.05) is 25.9 Å². The Bertz CT molecular complexity index is 448. The third kappa shape index (κ3) is 12.5. The highest BCUT2D eigenvalue weighted by Crippen LogP contribution is 2.11. The zero-order chi connectivity index (χ0) is 18.0. The molecule has 140 valence electrons. The van der Waals surface area contributed by atoms with Crippen LogP contribution in [0, 0.1) is 0 Å². The van der Waals surface area contributed by atoms with E-state index in [2.05, 4.69) is 23.2 Å². The van der Waals surface area contributed by atoms with E-state index in [0.717, 1.165) is 25.5 Å². The molecule has 0 spiro atoms. The van der Waals surface area contributed by atoms with Crippen LogP contribution < -0.4 is 0 Å². The molecule has 0 bridgehead atoms. The zero-order valence-electron chi connectivity index (χ0n) is 15.6. The van der Waals surface area contributed by atoms with Gasteiger partial charge in [-0.05, 0) is 43.7 Å². The van der Waals surface area contributed by atoms with E-state index in [1.807, 2.05) is 18.5 Å². The van der Waals surface area contributed by atoms with E-state index in [4.69, 9.17) is 9.47 Å². The van der Waals surface area contributed by atoms with Gasteiger partial charge in [0.05, 0.1) is 6.10 Å². The summed E-state index contributed by atoms with van der Waals surface area (Å²) in [6.45, 7) is 0.271. The molecule has 0 N–H and O–H groups in total. The van der Waals surface area contributed by atoms with Gasteiger partial charge in [-0.2, -0.15) is 0 Å². The predicted octanol–water partition coefficient (Wildman–Crippen LogP) is 4.88. The number of methoxy groups -OCH3 is 1. The van der Waals surface area contributed by atoms with Crippen molar-refractivity contribution in [3.63, 3.8) is 0 Å². The molecule has 0 aliphatic rings. The molecular formula is C21H33NO3. The molecule has 1 aromatic heterocycles. The number of ether oxygens (including phenoxy) is 2. The monoisotopic (exact) mass is 347 g/mol. The number of hydrogen-bond donors (Lipinski definition) is 0. The van der Waals surface area contributed by atoms with Crippen LogP contribution in [0.5, 0.6) is 0 Å². The first-order chi connectivity index (χ1) is 12.4. The van der Waals surface area contributed by atoms with Crippen molar-refractivity contribution >= 4 is 6.29 Å². The standard InChI is InChI=1S/C21H33NO3/c1-24-19-25-21(15-11-17-23)14-9-7-5-3-2-4-6-8-12-20-13-10-16-22-18-20/h9-10,13-14,16-18,21H,2-8,11-12,15,19H2,1H3/b14-9-/t21-/m0/s1. The third-order valence-electron chi connectivity index (χ3n) is 4.13. The molecule has 0 fully saturated rings. The fraction of sp³-hybridized carbons (Fsp3) is 0.619. The van der Waals surface area contributed by atoms with Crippen molar-refractivity contribution in [2.75, 3.05) is 13.9 Å². The molecule has 4 heteroatoms. The molecular weight excluding hydrogens is 314 g/mol. The first-order valence-electron chi connectivity index (χ1n) is 9.46. The Morgan fingerprint density at radius 3 is 2.64 bits per heavy atom. The Kier molecular flexibility index (Phi) is 13.8. The maximum atomic E-state index is 10.5. The van der Waals surface area contributed by atoms with E-state index >= 15 is 0 Å². The van der Waals surface area contributed by atoms with Crippen LogP contribution in [0.3, 0.4) is 0 Å². The summed E-state index contributed by atoms with van der Waals surface area (Å²) in [7, 11) is 1.61. The summed E-state index contributed by atoms with van der Waals surface area (Å²) in [6.07, 6.45) is 20.0. The summed E-state index contributed by atoms with van der Waals surface area (Å²) in [5.41, 5.74) is 1.34. The van der Waals surface area contributed by atoms with E-state index in [9.17, 15) is 4.79 Å². The fourth-order valence-corrected chi connectivity index (χ4v) is 2.72. The van der Waals surface area contributed by atoms with Crippen LogP contribution in [0.15, 0.2) is 36.7 Å². The number of hydrogen-bond acceptors (Lipinski definition) is 4. The second-order valence-corrected chi connectivity index (χ2v) is 6.31. The fourth-order valence-electron chi connectivity index (χ4n) is 2.72. The van der Waals surface area contributed by atoms with Crippen LogP contribution in [0.4, 0.5) is 0 Å². The summed E-state index contributed by atoms with van der Waals surface area (Å²) in [5, 5.41) is 0. The number of unbranched alkanes of at least 4 members (excludes halogenated alkanes) is 6. The Morgan fingerprint density at radius 2 is 1.92 bits per heavy atom. The van der Waals surface area contributed by atoms with Gasteiger partial charge in [0.15, 0.2) is 0 Å². The lowest BCUT2D eigenvalue weighted by molar-refractivity contribution is -0.109. The Balaban J connectivity index is 1.97. The van der Waals surface area contributed by atoms with Gasteiger partial charge in [-0.15, -0.1) is 0 Å². The minimum atomic E-state index is -0.0161. The molecule has 0 saturated heterocycles. The van der Waals surface area contributed by atoms with Crippen LogP contribution in [0.2, 0.25) is 0 Å². The molecule has 0 aromatic carbocycles. The van der Waals surface area contributed by atoms with Crippen molar-refractivity contribution < 1.29 is 14.3 Å². The van der Waals surface area contributed by atoms with E-state index in [1.165, 1.54) is 44.1 Å².